The monoisotopic (exact) mass is 218 g/mol. The third kappa shape index (κ3) is 2.18. The SMILES string of the molecule is COc1ccc2c(c1)NC(C)(C)CC(C)=N2. The maximum atomic E-state index is 5.23. The molecule has 0 saturated carbocycles. The quantitative estimate of drug-likeness (QED) is 0.784. The summed E-state index contributed by atoms with van der Waals surface area (Å²) in [7, 11) is 1.68. The van der Waals surface area contributed by atoms with Crippen LogP contribution in [0.25, 0.3) is 0 Å². The second kappa shape index (κ2) is 3.81. The molecule has 0 amide bonds. The minimum atomic E-state index is 0.0329. The number of rotatable bonds is 1. The molecule has 0 spiro atoms. The summed E-state index contributed by atoms with van der Waals surface area (Å²) in [4.78, 5) is 4.61. The Kier molecular flexibility index (Phi) is 2.62. The summed E-state index contributed by atoms with van der Waals surface area (Å²) >= 11 is 0. The van der Waals surface area contributed by atoms with Crippen molar-refractivity contribution < 1.29 is 4.74 Å². The summed E-state index contributed by atoms with van der Waals surface area (Å²) in [5, 5.41) is 3.51. The molecule has 0 saturated heterocycles. The summed E-state index contributed by atoms with van der Waals surface area (Å²) in [6.07, 6.45) is 0.948. The van der Waals surface area contributed by atoms with Gasteiger partial charge in [0.1, 0.15) is 5.75 Å². The van der Waals surface area contributed by atoms with Crippen LogP contribution in [0.4, 0.5) is 11.4 Å². The summed E-state index contributed by atoms with van der Waals surface area (Å²) in [6.45, 7) is 6.43. The van der Waals surface area contributed by atoms with Crippen molar-refractivity contribution in [1.82, 2.24) is 0 Å². The zero-order valence-corrected chi connectivity index (χ0v) is 10.3. The van der Waals surface area contributed by atoms with E-state index in [1.54, 1.807) is 7.11 Å². The van der Waals surface area contributed by atoms with Crippen LogP contribution in [0.15, 0.2) is 23.2 Å². The number of aliphatic imine (C=N–C) groups is 1. The van der Waals surface area contributed by atoms with Crippen LogP contribution >= 0.6 is 0 Å². The Bertz CT molecular complexity index is 436. The summed E-state index contributed by atoms with van der Waals surface area (Å²) < 4.78 is 5.23. The van der Waals surface area contributed by atoms with Crippen LogP contribution in [0, 0.1) is 0 Å². The molecule has 0 bridgehead atoms. The van der Waals surface area contributed by atoms with Gasteiger partial charge in [-0.1, -0.05) is 0 Å². The van der Waals surface area contributed by atoms with Gasteiger partial charge >= 0.3 is 0 Å². The summed E-state index contributed by atoms with van der Waals surface area (Å²) in [5.41, 5.74) is 3.22. The molecule has 1 aromatic carbocycles. The lowest BCUT2D eigenvalue weighted by atomic mass is 9.98. The van der Waals surface area contributed by atoms with E-state index in [-0.39, 0.29) is 5.54 Å². The Hall–Kier alpha value is -1.51. The van der Waals surface area contributed by atoms with Gasteiger partial charge < -0.3 is 10.1 Å². The molecule has 0 atom stereocenters. The highest BCUT2D eigenvalue weighted by Crippen LogP contribution is 2.35. The van der Waals surface area contributed by atoms with Crippen LogP contribution in [0.5, 0.6) is 5.75 Å². The van der Waals surface area contributed by atoms with Crippen molar-refractivity contribution in [2.75, 3.05) is 12.4 Å². The fourth-order valence-corrected chi connectivity index (χ4v) is 2.13. The van der Waals surface area contributed by atoms with Crippen molar-refractivity contribution in [2.24, 2.45) is 4.99 Å². The van der Waals surface area contributed by atoms with Crippen molar-refractivity contribution in [1.29, 1.82) is 0 Å². The molecule has 3 heteroatoms. The molecule has 1 aliphatic heterocycles. The van der Waals surface area contributed by atoms with Crippen molar-refractivity contribution in [2.45, 2.75) is 32.7 Å². The van der Waals surface area contributed by atoms with E-state index in [2.05, 4.69) is 31.1 Å². The van der Waals surface area contributed by atoms with Crippen molar-refractivity contribution in [3.05, 3.63) is 18.2 Å². The molecule has 0 fully saturated rings. The molecular formula is C13H18N2O. The first-order chi connectivity index (χ1) is 7.50. The lowest BCUT2D eigenvalue weighted by Crippen LogP contribution is -2.31. The largest absolute Gasteiger partial charge is 0.497 e. The van der Waals surface area contributed by atoms with E-state index in [1.165, 1.54) is 0 Å². The van der Waals surface area contributed by atoms with Gasteiger partial charge in [0.05, 0.1) is 18.5 Å². The van der Waals surface area contributed by atoms with Gasteiger partial charge in [-0.3, -0.25) is 4.99 Å². The first-order valence-electron chi connectivity index (χ1n) is 5.50. The van der Waals surface area contributed by atoms with Crippen molar-refractivity contribution in [3.8, 4) is 5.75 Å². The fraction of sp³-hybridized carbons (Fsp3) is 0.462. The molecule has 0 aromatic heterocycles. The Morgan fingerprint density at radius 3 is 2.81 bits per heavy atom. The minimum absolute atomic E-state index is 0.0329. The zero-order valence-electron chi connectivity index (χ0n) is 10.3. The number of hydrogen-bond acceptors (Lipinski definition) is 3. The Morgan fingerprint density at radius 2 is 2.12 bits per heavy atom. The lowest BCUT2D eigenvalue weighted by molar-refractivity contribution is 0.415. The number of anilines is 1. The topological polar surface area (TPSA) is 33.6 Å². The Balaban J connectivity index is 2.48. The number of benzene rings is 1. The number of fused-ring (bicyclic) bond motifs is 1. The maximum absolute atomic E-state index is 5.23. The lowest BCUT2D eigenvalue weighted by Gasteiger charge is -2.25. The number of nitrogens with one attached hydrogen (secondary N) is 1. The smallest absolute Gasteiger partial charge is 0.121 e. The van der Waals surface area contributed by atoms with E-state index in [4.69, 9.17) is 4.74 Å². The highest BCUT2D eigenvalue weighted by molar-refractivity contribution is 5.90. The summed E-state index contributed by atoms with van der Waals surface area (Å²) in [6, 6.07) is 5.93. The molecule has 0 unspecified atom stereocenters. The first kappa shape index (κ1) is 11.0. The van der Waals surface area contributed by atoms with Gasteiger partial charge in [-0.15, -0.1) is 0 Å². The zero-order chi connectivity index (χ0) is 11.8. The minimum Gasteiger partial charge on any atom is -0.497 e. The van der Waals surface area contributed by atoms with Crippen LogP contribution < -0.4 is 10.1 Å². The molecular weight excluding hydrogens is 200 g/mol. The molecule has 1 heterocycles. The molecule has 16 heavy (non-hydrogen) atoms. The van der Waals surface area contributed by atoms with Gasteiger partial charge in [0.25, 0.3) is 0 Å². The van der Waals surface area contributed by atoms with Crippen molar-refractivity contribution >= 4 is 17.1 Å². The van der Waals surface area contributed by atoms with E-state index in [0.29, 0.717) is 0 Å². The van der Waals surface area contributed by atoms with E-state index in [0.717, 1.165) is 29.3 Å². The van der Waals surface area contributed by atoms with Crippen LogP contribution in [0.3, 0.4) is 0 Å². The Labute approximate surface area is 96.5 Å². The van der Waals surface area contributed by atoms with Crippen LogP contribution in [-0.4, -0.2) is 18.4 Å². The first-order valence-corrected chi connectivity index (χ1v) is 5.50. The van der Waals surface area contributed by atoms with Crippen LogP contribution in [0.1, 0.15) is 27.2 Å². The molecule has 2 rings (SSSR count). The average Bonchev–Trinajstić information content (AvgIpc) is 2.29. The third-order valence-corrected chi connectivity index (χ3v) is 2.69. The normalized spacial score (nSPS) is 17.9. The predicted octanol–water partition coefficient (Wildman–Crippen LogP) is 3.38. The van der Waals surface area contributed by atoms with Gasteiger partial charge in [-0.2, -0.15) is 0 Å². The molecule has 0 aliphatic carbocycles. The number of methoxy groups -OCH3 is 1. The van der Waals surface area contributed by atoms with E-state index >= 15 is 0 Å². The van der Waals surface area contributed by atoms with Gasteiger partial charge in [0.2, 0.25) is 0 Å². The average molecular weight is 218 g/mol. The van der Waals surface area contributed by atoms with Gasteiger partial charge in [-0.25, -0.2) is 0 Å². The highest BCUT2D eigenvalue weighted by Gasteiger charge is 2.23. The molecule has 3 nitrogen and oxygen atoms in total. The van der Waals surface area contributed by atoms with Gasteiger partial charge in [-0.05, 0) is 32.9 Å². The molecule has 1 aliphatic rings. The molecule has 0 radical (unpaired) electrons. The van der Waals surface area contributed by atoms with Crippen LogP contribution in [-0.2, 0) is 0 Å². The van der Waals surface area contributed by atoms with E-state index in [9.17, 15) is 0 Å². The Morgan fingerprint density at radius 1 is 1.38 bits per heavy atom. The highest BCUT2D eigenvalue weighted by atomic mass is 16.5. The standard InChI is InChI=1S/C13H18N2O/c1-9-8-13(2,3)15-12-7-10(16-4)5-6-11(12)14-9/h5-7,15H,8H2,1-4H3. The summed E-state index contributed by atoms with van der Waals surface area (Å²) in [5.74, 6) is 0.858. The van der Waals surface area contributed by atoms with E-state index < -0.39 is 0 Å². The molecule has 86 valence electrons. The maximum Gasteiger partial charge on any atom is 0.121 e. The number of ether oxygens (including phenoxy) is 1. The fourth-order valence-electron chi connectivity index (χ4n) is 2.13. The second-order valence-corrected chi connectivity index (χ2v) is 4.92. The molecule has 1 N–H and O–H groups in total. The molecule has 1 aromatic rings. The van der Waals surface area contributed by atoms with Gasteiger partial charge in [0, 0.05) is 23.7 Å². The van der Waals surface area contributed by atoms with Crippen LogP contribution in [0.2, 0.25) is 0 Å². The second-order valence-electron chi connectivity index (χ2n) is 4.92. The number of nitrogens with zero attached hydrogens (tertiary/aromatic N) is 1. The van der Waals surface area contributed by atoms with Gasteiger partial charge in [0.15, 0.2) is 0 Å². The van der Waals surface area contributed by atoms with Crippen molar-refractivity contribution in [3.63, 3.8) is 0 Å². The van der Waals surface area contributed by atoms with E-state index in [1.807, 2.05) is 18.2 Å². The predicted molar refractivity (Wildman–Crippen MR) is 68.1 cm³/mol. The number of hydrogen-bond donors (Lipinski definition) is 1. The third-order valence-electron chi connectivity index (χ3n) is 2.69.